The Balaban J connectivity index is 2.81. The Kier molecular flexibility index (Phi) is 6.45. The van der Waals surface area contributed by atoms with Crippen molar-refractivity contribution in [3.8, 4) is 0 Å². The molecule has 0 aliphatic heterocycles. The minimum absolute atomic E-state index is 0.00453. The maximum Gasteiger partial charge on any atom is 0.242 e. The Morgan fingerprint density at radius 2 is 1.90 bits per heavy atom. The van der Waals surface area contributed by atoms with Gasteiger partial charge in [0, 0.05) is 19.1 Å². The molecule has 5 nitrogen and oxygen atoms in total. The lowest BCUT2D eigenvalue weighted by atomic mass is 10.0. The van der Waals surface area contributed by atoms with Gasteiger partial charge in [-0.1, -0.05) is 32.9 Å². The minimum Gasteiger partial charge on any atom is -0.382 e. The fourth-order valence-electron chi connectivity index (χ4n) is 2.04. The van der Waals surface area contributed by atoms with E-state index in [0.29, 0.717) is 24.7 Å². The zero-order valence-electron chi connectivity index (χ0n) is 12.4. The summed E-state index contributed by atoms with van der Waals surface area (Å²) in [5, 5.41) is 3.14. The predicted octanol–water partition coefficient (Wildman–Crippen LogP) is 1.77. The van der Waals surface area contributed by atoms with Gasteiger partial charge in [-0.3, -0.25) is 0 Å². The third kappa shape index (κ3) is 5.11. The number of sulfonamides is 1. The van der Waals surface area contributed by atoms with Crippen molar-refractivity contribution >= 4 is 15.7 Å². The van der Waals surface area contributed by atoms with E-state index in [9.17, 15) is 8.42 Å². The van der Waals surface area contributed by atoms with Crippen LogP contribution in [0.2, 0.25) is 0 Å². The Hall–Kier alpha value is -1.11. The number of para-hydroxylation sites is 1. The van der Waals surface area contributed by atoms with Crippen LogP contribution in [-0.2, 0) is 10.0 Å². The molecule has 114 valence electrons. The van der Waals surface area contributed by atoms with Gasteiger partial charge in [-0.15, -0.1) is 0 Å². The molecule has 1 atom stereocenters. The number of benzene rings is 1. The van der Waals surface area contributed by atoms with E-state index in [-0.39, 0.29) is 10.9 Å². The van der Waals surface area contributed by atoms with E-state index in [0.717, 1.165) is 6.42 Å². The molecular formula is C14H25N3O2S. The van der Waals surface area contributed by atoms with E-state index in [1.807, 2.05) is 0 Å². The van der Waals surface area contributed by atoms with Crippen molar-refractivity contribution in [2.24, 2.45) is 11.7 Å². The molecule has 0 fully saturated rings. The fourth-order valence-corrected chi connectivity index (χ4v) is 3.27. The molecule has 1 aromatic carbocycles. The summed E-state index contributed by atoms with van der Waals surface area (Å²) in [5.74, 6) is 0.521. The highest BCUT2D eigenvalue weighted by atomic mass is 32.2. The first kappa shape index (κ1) is 16.9. The molecule has 0 aliphatic carbocycles. The van der Waals surface area contributed by atoms with E-state index in [4.69, 9.17) is 5.73 Å². The van der Waals surface area contributed by atoms with E-state index < -0.39 is 10.0 Å². The molecule has 1 unspecified atom stereocenters. The van der Waals surface area contributed by atoms with Gasteiger partial charge < -0.3 is 11.1 Å². The first-order valence-corrected chi connectivity index (χ1v) is 8.43. The highest BCUT2D eigenvalue weighted by molar-refractivity contribution is 7.89. The lowest BCUT2D eigenvalue weighted by molar-refractivity contribution is 0.508. The zero-order valence-corrected chi connectivity index (χ0v) is 13.2. The molecule has 0 saturated heterocycles. The van der Waals surface area contributed by atoms with Crippen LogP contribution in [-0.4, -0.2) is 27.5 Å². The van der Waals surface area contributed by atoms with E-state index in [1.165, 1.54) is 0 Å². The SMILES string of the molecule is CCNS(=O)(=O)c1ccccc1NCC(N)CC(C)C. The molecule has 1 rings (SSSR count). The van der Waals surface area contributed by atoms with Crippen LogP contribution in [0.4, 0.5) is 5.69 Å². The zero-order chi connectivity index (χ0) is 15.2. The number of rotatable bonds is 8. The number of nitrogens with one attached hydrogen (secondary N) is 2. The third-order valence-corrected chi connectivity index (χ3v) is 4.44. The summed E-state index contributed by atoms with van der Waals surface area (Å²) in [4.78, 5) is 0.263. The normalized spacial score (nSPS) is 13.4. The van der Waals surface area contributed by atoms with Crippen LogP contribution in [0.15, 0.2) is 29.2 Å². The molecule has 0 amide bonds. The largest absolute Gasteiger partial charge is 0.382 e. The van der Waals surface area contributed by atoms with Gasteiger partial charge in [-0.2, -0.15) is 0 Å². The lowest BCUT2D eigenvalue weighted by Gasteiger charge is -2.17. The summed E-state index contributed by atoms with van der Waals surface area (Å²) in [5.41, 5.74) is 6.60. The minimum atomic E-state index is -3.47. The van der Waals surface area contributed by atoms with Gasteiger partial charge in [0.15, 0.2) is 0 Å². The first-order chi connectivity index (χ1) is 9.36. The maximum absolute atomic E-state index is 12.1. The van der Waals surface area contributed by atoms with Crippen molar-refractivity contribution < 1.29 is 8.42 Å². The maximum atomic E-state index is 12.1. The molecular weight excluding hydrogens is 274 g/mol. The first-order valence-electron chi connectivity index (χ1n) is 6.95. The van der Waals surface area contributed by atoms with Crippen molar-refractivity contribution in [1.82, 2.24) is 4.72 Å². The Labute approximate surface area is 122 Å². The molecule has 0 radical (unpaired) electrons. The molecule has 0 aliphatic rings. The third-order valence-electron chi connectivity index (χ3n) is 2.84. The van der Waals surface area contributed by atoms with Crippen molar-refractivity contribution in [2.45, 2.75) is 38.1 Å². The van der Waals surface area contributed by atoms with Crippen LogP contribution < -0.4 is 15.8 Å². The summed E-state index contributed by atoms with van der Waals surface area (Å²) < 4.78 is 26.7. The van der Waals surface area contributed by atoms with Gasteiger partial charge in [0.2, 0.25) is 10.0 Å². The predicted molar refractivity (Wildman–Crippen MR) is 83.2 cm³/mol. The quantitative estimate of drug-likeness (QED) is 0.683. The topological polar surface area (TPSA) is 84.2 Å². The van der Waals surface area contributed by atoms with Gasteiger partial charge in [-0.25, -0.2) is 13.1 Å². The molecule has 1 aromatic rings. The summed E-state index contributed by atoms with van der Waals surface area (Å²) in [6, 6.07) is 6.87. The smallest absolute Gasteiger partial charge is 0.242 e. The van der Waals surface area contributed by atoms with Crippen molar-refractivity contribution in [3.05, 3.63) is 24.3 Å². The highest BCUT2D eigenvalue weighted by Gasteiger charge is 2.17. The molecule has 0 bridgehead atoms. The number of hydrogen-bond donors (Lipinski definition) is 3. The average molecular weight is 299 g/mol. The number of nitrogens with two attached hydrogens (primary N) is 1. The fraction of sp³-hybridized carbons (Fsp3) is 0.571. The van der Waals surface area contributed by atoms with Gasteiger partial charge in [-0.05, 0) is 24.5 Å². The van der Waals surface area contributed by atoms with Crippen LogP contribution >= 0.6 is 0 Å². The summed E-state index contributed by atoms with van der Waals surface area (Å²) in [6.07, 6.45) is 0.898. The van der Waals surface area contributed by atoms with Crippen LogP contribution in [0, 0.1) is 5.92 Å². The second-order valence-electron chi connectivity index (χ2n) is 5.27. The van der Waals surface area contributed by atoms with Crippen molar-refractivity contribution in [1.29, 1.82) is 0 Å². The lowest BCUT2D eigenvalue weighted by Crippen LogP contribution is -2.31. The van der Waals surface area contributed by atoms with E-state index >= 15 is 0 Å². The van der Waals surface area contributed by atoms with Crippen LogP contribution in [0.5, 0.6) is 0 Å². The Bertz CT molecular complexity index is 515. The monoisotopic (exact) mass is 299 g/mol. The van der Waals surface area contributed by atoms with E-state index in [1.54, 1.807) is 31.2 Å². The molecule has 0 heterocycles. The van der Waals surface area contributed by atoms with Gasteiger partial charge >= 0.3 is 0 Å². The van der Waals surface area contributed by atoms with Gasteiger partial charge in [0.05, 0.1) is 5.69 Å². The Morgan fingerprint density at radius 3 is 2.50 bits per heavy atom. The highest BCUT2D eigenvalue weighted by Crippen LogP contribution is 2.20. The molecule has 0 spiro atoms. The summed E-state index contributed by atoms with van der Waals surface area (Å²) in [7, 11) is -3.47. The molecule has 0 saturated carbocycles. The van der Waals surface area contributed by atoms with Gasteiger partial charge in [0.25, 0.3) is 0 Å². The van der Waals surface area contributed by atoms with Crippen molar-refractivity contribution in [3.63, 3.8) is 0 Å². The molecule has 4 N–H and O–H groups in total. The standard InChI is InChI=1S/C14H25N3O2S/c1-4-17-20(18,19)14-8-6-5-7-13(14)16-10-12(15)9-11(2)3/h5-8,11-12,16-17H,4,9-10,15H2,1-3H3. The van der Waals surface area contributed by atoms with Crippen LogP contribution in [0.1, 0.15) is 27.2 Å². The second-order valence-corrected chi connectivity index (χ2v) is 7.00. The van der Waals surface area contributed by atoms with Gasteiger partial charge in [0.1, 0.15) is 4.90 Å². The molecule has 20 heavy (non-hydrogen) atoms. The van der Waals surface area contributed by atoms with Crippen LogP contribution in [0.25, 0.3) is 0 Å². The second kappa shape index (κ2) is 7.61. The molecule has 0 aromatic heterocycles. The summed E-state index contributed by atoms with van der Waals surface area (Å²) >= 11 is 0. The number of anilines is 1. The number of hydrogen-bond acceptors (Lipinski definition) is 4. The molecule has 6 heteroatoms. The average Bonchev–Trinajstić information content (AvgIpc) is 2.36. The Morgan fingerprint density at radius 1 is 1.25 bits per heavy atom. The summed E-state index contributed by atoms with van der Waals surface area (Å²) in [6.45, 7) is 6.90. The van der Waals surface area contributed by atoms with Crippen LogP contribution in [0.3, 0.4) is 0 Å². The van der Waals surface area contributed by atoms with Crippen molar-refractivity contribution in [2.75, 3.05) is 18.4 Å². The van der Waals surface area contributed by atoms with E-state index in [2.05, 4.69) is 23.9 Å².